The Labute approximate surface area is 159 Å². The van der Waals surface area contributed by atoms with E-state index in [0.717, 1.165) is 49.8 Å². The van der Waals surface area contributed by atoms with Crippen molar-refractivity contribution in [2.24, 2.45) is 0 Å². The van der Waals surface area contributed by atoms with Crippen LogP contribution in [0.5, 0.6) is 0 Å². The summed E-state index contributed by atoms with van der Waals surface area (Å²) >= 11 is 0. The van der Waals surface area contributed by atoms with Crippen LogP contribution in [0.4, 0.5) is 0 Å². The van der Waals surface area contributed by atoms with Gasteiger partial charge in [0, 0.05) is 26.1 Å². The number of nitrogens with one attached hydrogen (secondary N) is 1. The van der Waals surface area contributed by atoms with Crippen LogP contribution in [0.15, 0.2) is 30.3 Å². The summed E-state index contributed by atoms with van der Waals surface area (Å²) in [6.45, 7) is 8.93. The van der Waals surface area contributed by atoms with Crippen molar-refractivity contribution in [3.8, 4) is 0 Å². The number of para-hydroxylation sites is 2. The topological polar surface area (TPSA) is 68.0 Å². The average Bonchev–Trinajstić information content (AvgIpc) is 3.25. The largest absolute Gasteiger partial charge is 0.350 e. The first-order valence-corrected chi connectivity index (χ1v) is 9.66. The number of benzene rings is 1. The van der Waals surface area contributed by atoms with Crippen LogP contribution in [0.25, 0.3) is 11.0 Å². The lowest BCUT2D eigenvalue weighted by Crippen LogP contribution is -2.34. The van der Waals surface area contributed by atoms with Crippen LogP contribution in [-0.4, -0.2) is 36.7 Å². The number of imidazole rings is 1. The van der Waals surface area contributed by atoms with Crippen molar-refractivity contribution >= 4 is 16.9 Å². The van der Waals surface area contributed by atoms with Crippen molar-refractivity contribution in [2.75, 3.05) is 6.54 Å². The Balaban J connectivity index is 1.47. The van der Waals surface area contributed by atoms with E-state index in [4.69, 9.17) is 4.98 Å². The van der Waals surface area contributed by atoms with Crippen molar-refractivity contribution < 1.29 is 4.79 Å². The second kappa shape index (κ2) is 7.52. The highest BCUT2D eigenvalue weighted by molar-refractivity contribution is 5.76. The fourth-order valence-corrected chi connectivity index (χ4v) is 3.71. The van der Waals surface area contributed by atoms with E-state index in [1.165, 1.54) is 11.2 Å². The highest BCUT2D eigenvalue weighted by Crippen LogP contribution is 2.20. The summed E-state index contributed by atoms with van der Waals surface area (Å²) < 4.78 is 4.36. The molecule has 0 fully saturated rings. The number of carbonyl (C=O) groups is 1. The van der Waals surface area contributed by atoms with E-state index in [0.29, 0.717) is 13.0 Å². The highest BCUT2D eigenvalue weighted by Gasteiger charge is 2.21. The Kier molecular flexibility index (Phi) is 4.94. The monoisotopic (exact) mass is 366 g/mol. The number of amides is 1. The van der Waals surface area contributed by atoms with Gasteiger partial charge in [-0.15, -0.1) is 0 Å². The van der Waals surface area contributed by atoms with Gasteiger partial charge >= 0.3 is 0 Å². The smallest absolute Gasteiger partial charge is 0.220 e. The number of aryl methyl sites for hydroxylation is 1. The minimum absolute atomic E-state index is 0.0565. The fourth-order valence-electron chi connectivity index (χ4n) is 3.71. The van der Waals surface area contributed by atoms with E-state index in [-0.39, 0.29) is 5.91 Å². The maximum absolute atomic E-state index is 11.5. The van der Waals surface area contributed by atoms with Gasteiger partial charge in [-0.2, -0.15) is 5.10 Å². The summed E-state index contributed by atoms with van der Waals surface area (Å²) in [6.07, 6.45) is 0.500. The predicted octanol–water partition coefficient (Wildman–Crippen LogP) is 2.29. The van der Waals surface area contributed by atoms with E-state index in [9.17, 15) is 4.79 Å². The van der Waals surface area contributed by atoms with Crippen LogP contribution < -0.4 is 5.32 Å². The molecular weight excluding hydrogens is 340 g/mol. The fraction of sp³-hybridized carbons (Fsp3) is 0.450. The molecule has 3 heterocycles. The van der Waals surface area contributed by atoms with Gasteiger partial charge in [-0.05, 0) is 25.1 Å². The predicted molar refractivity (Wildman–Crippen MR) is 104 cm³/mol. The molecule has 7 nitrogen and oxygen atoms in total. The third-order valence-electron chi connectivity index (χ3n) is 5.13. The second-order valence-electron chi connectivity index (χ2n) is 6.95. The molecular formula is C20H26N6O. The van der Waals surface area contributed by atoms with E-state index in [1.807, 2.05) is 13.0 Å². The molecule has 0 saturated carbocycles. The number of carbonyl (C=O) groups excluding carboxylic acids is 1. The molecule has 1 aliphatic heterocycles. The molecule has 7 heteroatoms. The molecule has 3 aromatic rings. The third-order valence-corrected chi connectivity index (χ3v) is 5.13. The molecule has 0 unspecified atom stereocenters. The first-order valence-electron chi connectivity index (χ1n) is 9.66. The van der Waals surface area contributed by atoms with Crippen molar-refractivity contribution in [1.82, 2.24) is 29.5 Å². The number of aromatic nitrogens is 4. The van der Waals surface area contributed by atoms with Gasteiger partial charge in [-0.25, -0.2) is 4.98 Å². The zero-order valence-corrected chi connectivity index (χ0v) is 16.0. The summed E-state index contributed by atoms with van der Waals surface area (Å²) in [5.41, 5.74) is 4.38. The zero-order chi connectivity index (χ0) is 18.8. The quantitative estimate of drug-likeness (QED) is 0.727. The first-order chi connectivity index (χ1) is 13.2. The average molecular weight is 366 g/mol. The lowest BCUT2D eigenvalue weighted by molar-refractivity contribution is -0.120. The van der Waals surface area contributed by atoms with Crippen LogP contribution in [0.1, 0.15) is 37.5 Å². The Morgan fingerprint density at radius 3 is 2.89 bits per heavy atom. The number of fused-ring (bicyclic) bond motifs is 2. The normalized spacial score (nSPS) is 14.4. The minimum Gasteiger partial charge on any atom is -0.350 e. The Morgan fingerprint density at radius 2 is 2.07 bits per heavy atom. The summed E-state index contributed by atoms with van der Waals surface area (Å²) in [4.78, 5) is 18.7. The molecule has 1 aliphatic rings. The van der Waals surface area contributed by atoms with Gasteiger partial charge in [0.15, 0.2) is 0 Å². The van der Waals surface area contributed by atoms with Gasteiger partial charge in [0.2, 0.25) is 5.91 Å². The highest BCUT2D eigenvalue weighted by atomic mass is 16.1. The van der Waals surface area contributed by atoms with Crippen molar-refractivity contribution in [3.05, 3.63) is 47.5 Å². The summed E-state index contributed by atoms with van der Waals surface area (Å²) in [6, 6.07) is 10.4. The van der Waals surface area contributed by atoms with E-state index in [2.05, 4.69) is 55.8 Å². The SMILES string of the molecule is CCC(=O)NCc1cc2n(n1)CCN(Cc1nc3ccccc3n1CC)C2. The molecule has 0 radical (unpaired) electrons. The molecule has 4 rings (SSSR count). The van der Waals surface area contributed by atoms with Gasteiger partial charge in [0.25, 0.3) is 0 Å². The Bertz CT molecular complexity index is 957. The molecule has 27 heavy (non-hydrogen) atoms. The molecule has 2 aromatic heterocycles. The number of hydrogen-bond acceptors (Lipinski definition) is 4. The lowest BCUT2D eigenvalue weighted by atomic mass is 10.2. The molecule has 0 saturated heterocycles. The van der Waals surface area contributed by atoms with Crippen LogP contribution in [0.3, 0.4) is 0 Å². The van der Waals surface area contributed by atoms with E-state index < -0.39 is 0 Å². The lowest BCUT2D eigenvalue weighted by Gasteiger charge is -2.27. The molecule has 1 amide bonds. The van der Waals surface area contributed by atoms with Crippen LogP contribution >= 0.6 is 0 Å². The summed E-state index contributed by atoms with van der Waals surface area (Å²) in [5, 5.41) is 7.52. The maximum atomic E-state index is 11.5. The number of rotatable bonds is 6. The molecule has 1 N–H and O–H groups in total. The van der Waals surface area contributed by atoms with Crippen LogP contribution in [0, 0.1) is 0 Å². The van der Waals surface area contributed by atoms with Crippen LogP contribution in [-0.2, 0) is 37.5 Å². The molecule has 142 valence electrons. The summed E-state index contributed by atoms with van der Waals surface area (Å²) in [5.74, 6) is 1.17. The van der Waals surface area contributed by atoms with Crippen molar-refractivity contribution in [2.45, 2.75) is 53.0 Å². The van der Waals surface area contributed by atoms with E-state index in [1.54, 1.807) is 0 Å². The first kappa shape index (κ1) is 17.7. The minimum atomic E-state index is 0.0565. The molecule has 0 atom stereocenters. The Morgan fingerprint density at radius 1 is 1.22 bits per heavy atom. The van der Waals surface area contributed by atoms with Gasteiger partial charge in [-0.1, -0.05) is 19.1 Å². The van der Waals surface area contributed by atoms with Gasteiger partial charge in [0.05, 0.1) is 42.1 Å². The van der Waals surface area contributed by atoms with Gasteiger partial charge in [0.1, 0.15) is 5.82 Å². The third kappa shape index (κ3) is 3.60. The van der Waals surface area contributed by atoms with Crippen LogP contribution in [0.2, 0.25) is 0 Å². The molecule has 1 aromatic carbocycles. The van der Waals surface area contributed by atoms with Crippen molar-refractivity contribution in [3.63, 3.8) is 0 Å². The Hall–Kier alpha value is -2.67. The van der Waals surface area contributed by atoms with Crippen molar-refractivity contribution in [1.29, 1.82) is 0 Å². The zero-order valence-electron chi connectivity index (χ0n) is 16.0. The summed E-state index contributed by atoms with van der Waals surface area (Å²) in [7, 11) is 0. The standard InChI is InChI=1S/C20H26N6O/c1-3-20(27)21-12-15-11-16-13-24(9-10-26(16)23-15)14-19-22-17-7-5-6-8-18(17)25(19)4-2/h5-8,11H,3-4,9-10,12-14H2,1-2H3,(H,21,27). The molecule has 0 spiro atoms. The number of hydrogen-bond donors (Lipinski definition) is 1. The maximum Gasteiger partial charge on any atom is 0.220 e. The van der Waals surface area contributed by atoms with E-state index >= 15 is 0 Å². The second-order valence-corrected chi connectivity index (χ2v) is 6.95. The van der Waals surface area contributed by atoms with Gasteiger partial charge < -0.3 is 9.88 Å². The molecule has 0 aliphatic carbocycles. The molecule has 0 bridgehead atoms. The number of nitrogens with zero attached hydrogens (tertiary/aromatic N) is 5. The van der Waals surface area contributed by atoms with Gasteiger partial charge in [-0.3, -0.25) is 14.4 Å².